The number of benzene rings is 1. The molecule has 2 rings (SSSR count). The van der Waals surface area contributed by atoms with E-state index in [1.165, 1.54) is 20.5 Å². The van der Waals surface area contributed by atoms with Gasteiger partial charge in [0.1, 0.15) is 28.5 Å². The Morgan fingerprint density at radius 1 is 1.26 bits per heavy atom. The van der Waals surface area contributed by atoms with Crippen LogP contribution in [-0.2, 0) is 23.6 Å². The van der Waals surface area contributed by atoms with E-state index >= 15 is 0 Å². The van der Waals surface area contributed by atoms with E-state index in [-0.39, 0.29) is 5.75 Å². The quantitative estimate of drug-likeness (QED) is 0.822. The summed E-state index contributed by atoms with van der Waals surface area (Å²) in [6, 6.07) is 5.31. The van der Waals surface area contributed by atoms with E-state index in [4.69, 9.17) is 9.47 Å². The Hall–Kier alpha value is -1.89. The van der Waals surface area contributed by atoms with Crippen molar-refractivity contribution in [2.75, 3.05) is 14.2 Å². The number of nitrogens with zero attached hydrogens (tertiary/aromatic N) is 3. The highest BCUT2D eigenvalue weighted by atomic mass is 32.2. The van der Waals surface area contributed by atoms with E-state index in [1.54, 1.807) is 29.9 Å². The second-order valence-corrected chi connectivity index (χ2v) is 5.17. The predicted octanol–water partition coefficient (Wildman–Crippen LogP) is 1.14. The summed E-state index contributed by atoms with van der Waals surface area (Å²) in [6.45, 7) is 0. The second kappa shape index (κ2) is 5.83. The molecule has 2 aromatic rings. The van der Waals surface area contributed by atoms with Crippen molar-refractivity contribution in [1.82, 2.24) is 14.8 Å². The Labute approximate surface area is 113 Å². The molecule has 7 heteroatoms. The molecule has 0 saturated heterocycles. The van der Waals surface area contributed by atoms with Gasteiger partial charge in [0.25, 0.3) is 0 Å². The van der Waals surface area contributed by atoms with Crippen LogP contribution in [0.4, 0.5) is 0 Å². The number of ether oxygens (including phenoxy) is 2. The van der Waals surface area contributed by atoms with Crippen LogP contribution in [0.5, 0.6) is 11.5 Å². The number of aryl methyl sites for hydroxylation is 1. The number of hydrogen-bond acceptors (Lipinski definition) is 5. The largest absolute Gasteiger partial charge is 0.495 e. The topological polar surface area (TPSA) is 66.2 Å². The van der Waals surface area contributed by atoms with Crippen molar-refractivity contribution >= 4 is 10.8 Å². The normalized spacial score (nSPS) is 12.2. The first-order valence-corrected chi connectivity index (χ1v) is 6.91. The summed E-state index contributed by atoms with van der Waals surface area (Å²) in [5.41, 5.74) is 0. The molecule has 0 spiro atoms. The van der Waals surface area contributed by atoms with Gasteiger partial charge < -0.3 is 9.47 Å². The van der Waals surface area contributed by atoms with Gasteiger partial charge in [-0.05, 0) is 12.1 Å². The third kappa shape index (κ3) is 2.76. The minimum atomic E-state index is -1.32. The number of methoxy groups -OCH3 is 2. The van der Waals surface area contributed by atoms with Gasteiger partial charge in [0.15, 0.2) is 0 Å². The lowest BCUT2D eigenvalue weighted by Gasteiger charge is -2.12. The SMILES string of the molecule is COc1cccc(OC)c1[S@@](=O)Cc1ncnn1C. The van der Waals surface area contributed by atoms with Crippen LogP contribution in [0.15, 0.2) is 29.4 Å². The molecule has 0 amide bonds. The van der Waals surface area contributed by atoms with Crippen molar-refractivity contribution in [1.29, 1.82) is 0 Å². The molecule has 0 aliphatic rings. The highest BCUT2D eigenvalue weighted by Gasteiger charge is 2.18. The van der Waals surface area contributed by atoms with Crippen molar-refractivity contribution in [2.24, 2.45) is 7.05 Å². The fraction of sp³-hybridized carbons (Fsp3) is 0.333. The Kier molecular flexibility index (Phi) is 4.16. The molecule has 1 atom stereocenters. The molecule has 1 heterocycles. The summed E-state index contributed by atoms with van der Waals surface area (Å²) in [5.74, 6) is 1.98. The average Bonchev–Trinajstić information content (AvgIpc) is 2.83. The Balaban J connectivity index is 2.35. The molecule has 6 nitrogen and oxygen atoms in total. The average molecular weight is 281 g/mol. The molecule has 1 aromatic carbocycles. The number of aromatic nitrogens is 3. The molecular weight excluding hydrogens is 266 g/mol. The van der Waals surface area contributed by atoms with Crippen LogP contribution in [0.25, 0.3) is 0 Å². The van der Waals surface area contributed by atoms with Crippen LogP contribution in [0.2, 0.25) is 0 Å². The zero-order chi connectivity index (χ0) is 13.8. The van der Waals surface area contributed by atoms with E-state index in [1.807, 2.05) is 0 Å². The summed E-state index contributed by atoms with van der Waals surface area (Å²) < 4.78 is 24.6. The lowest BCUT2D eigenvalue weighted by Crippen LogP contribution is -2.07. The maximum atomic E-state index is 12.5. The molecule has 0 N–H and O–H groups in total. The Bertz CT molecular complexity index is 575. The predicted molar refractivity (Wildman–Crippen MR) is 70.7 cm³/mol. The van der Waals surface area contributed by atoms with Gasteiger partial charge in [-0.2, -0.15) is 5.10 Å². The van der Waals surface area contributed by atoms with Gasteiger partial charge in [-0.3, -0.25) is 8.89 Å². The fourth-order valence-corrected chi connectivity index (χ4v) is 3.07. The summed E-state index contributed by atoms with van der Waals surface area (Å²) in [6.07, 6.45) is 1.44. The molecule has 0 saturated carbocycles. The third-order valence-corrected chi connectivity index (χ3v) is 4.05. The molecule has 0 aliphatic carbocycles. The van der Waals surface area contributed by atoms with Crippen LogP contribution in [-0.4, -0.2) is 33.2 Å². The summed E-state index contributed by atoms with van der Waals surface area (Å²) in [4.78, 5) is 4.61. The standard InChI is InChI=1S/C12H15N3O3S/c1-15-11(13-8-14-15)7-19(16)12-9(17-2)5-4-6-10(12)18-3/h4-6,8H,7H2,1-3H3/t19-/m0/s1. The molecule has 0 unspecified atom stereocenters. The molecule has 102 valence electrons. The Morgan fingerprint density at radius 3 is 2.37 bits per heavy atom. The van der Waals surface area contributed by atoms with Gasteiger partial charge in [0.05, 0.1) is 30.8 Å². The lowest BCUT2D eigenvalue weighted by molar-refractivity contribution is 0.375. The van der Waals surface area contributed by atoms with Crippen LogP contribution in [0.1, 0.15) is 5.82 Å². The minimum absolute atomic E-state index is 0.257. The molecule has 0 bridgehead atoms. The van der Waals surface area contributed by atoms with Crippen molar-refractivity contribution in [2.45, 2.75) is 10.6 Å². The van der Waals surface area contributed by atoms with Crippen molar-refractivity contribution < 1.29 is 13.7 Å². The van der Waals surface area contributed by atoms with Crippen LogP contribution < -0.4 is 9.47 Å². The van der Waals surface area contributed by atoms with E-state index in [0.717, 1.165) is 0 Å². The van der Waals surface area contributed by atoms with Gasteiger partial charge in [-0.25, -0.2) is 4.98 Å². The monoisotopic (exact) mass is 281 g/mol. The number of hydrogen-bond donors (Lipinski definition) is 0. The van der Waals surface area contributed by atoms with Gasteiger partial charge in [0, 0.05) is 7.05 Å². The molecule has 19 heavy (non-hydrogen) atoms. The fourth-order valence-electron chi connectivity index (χ4n) is 1.68. The maximum Gasteiger partial charge on any atom is 0.139 e. The van der Waals surface area contributed by atoms with Gasteiger partial charge >= 0.3 is 0 Å². The van der Waals surface area contributed by atoms with Crippen molar-refractivity contribution in [3.05, 3.63) is 30.4 Å². The molecule has 0 aliphatic heterocycles. The minimum Gasteiger partial charge on any atom is -0.495 e. The van der Waals surface area contributed by atoms with E-state index < -0.39 is 10.8 Å². The molecule has 1 aromatic heterocycles. The van der Waals surface area contributed by atoms with Crippen LogP contribution in [0.3, 0.4) is 0 Å². The zero-order valence-electron chi connectivity index (χ0n) is 11.0. The summed E-state index contributed by atoms with van der Waals surface area (Å²) in [7, 11) is 3.52. The summed E-state index contributed by atoms with van der Waals surface area (Å²) in [5, 5.41) is 3.96. The molecular formula is C12H15N3O3S. The lowest BCUT2D eigenvalue weighted by atomic mass is 10.3. The smallest absolute Gasteiger partial charge is 0.139 e. The molecule has 0 fully saturated rings. The van der Waals surface area contributed by atoms with Crippen LogP contribution in [0, 0.1) is 0 Å². The molecule has 0 radical (unpaired) electrons. The first-order chi connectivity index (χ1) is 9.17. The maximum absolute atomic E-state index is 12.5. The third-order valence-electron chi connectivity index (χ3n) is 2.68. The van der Waals surface area contributed by atoms with E-state index in [9.17, 15) is 4.21 Å². The highest BCUT2D eigenvalue weighted by molar-refractivity contribution is 7.84. The van der Waals surface area contributed by atoms with Crippen molar-refractivity contribution in [3.8, 4) is 11.5 Å². The zero-order valence-corrected chi connectivity index (χ0v) is 11.8. The van der Waals surface area contributed by atoms with E-state index in [2.05, 4.69) is 10.1 Å². The van der Waals surface area contributed by atoms with Gasteiger partial charge in [0.2, 0.25) is 0 Å². The number of rotatable bonds is 5. The first kappa shape index (κ1) is 13.5. The Morgan fingerprint density at radius 2 is 1.89 bits per heavy atom. The van der Waals surface area contributed by atoms with Crippen molar-refractivity contribution in [3.63, 3.8) is 0 Å². The first-order valence-electron chi connectivity index (χ1n) is 5.59. The van der Waals surface area contributed by atoms with Crippen LogP contribution >= 0.6 is 0 Å². The summed E-state index contributed by atoms with van der Waals surface area (Å²) >= 11 is 0. The van der Waals surface area contributed by atoms with Gasteiger partial charge in [-0.1, -0.05) is 6.07 Å². The second-order valence-electron chi connectivity index (χ2n) is 3.78. The van der Waals surface area contributed by atoms with E-state index in [0.29, 0.717) is 22.2 Å². The highest BCUT2D eigenvalue weighted by Crippen LogP contribution is 2.32. The van der Waals surface area contributed by atoms with Gasteiger partial charge in [-0.15, -0.1) is 0 Å².